The maximum atomic E-state index is 12.1. The van der Waals surface area contributed by atoms with E-state index in [-0.39, 0.29) is 17.8 Å². The summed E-state index contributed by atoms with van der Waals surface area (Å²) >= 11 is 3.36. The van der Waals surface area contributed by atoms with Gasteiger partial charge >= 0.3 is 5.97 Å². The molecule has 1 atom stereocenters. The van der Waals surface area contributed by atoms with E-state index in [0.29, 0.717) is 25.9 Å². The molecule has 1 aromatic carbocycles. The lowest BCUT2D eigenvalue weighted by molar-refractivity contribution is -0.145. The summed E-state index contributed by atoms with van der Waals surface area (Å²) in [5, 5.41) is 0. The number of hydrogen-bond donors (Lipinski definition) is 0. The molecule has 1 fully saturated rings. The normalized spacial score (nSPS) is 18.4. The number of amides is 1. The molecular weight excluding hydrogens is 310 g/mol. The van der Waals surface area contributed by atoms with Crippen LogP contribution in [-0.4, -0.2) is 37.0 Å². The molecule has 1 aliphatic rings. The standard InChI is InChI=1S/C14H16BrNO3/c1-19-14(18)11-6-7-16(9-11)13(17)8-10-2-4-12(15)5-3-10/h2-5,11H,6-9H2,1H3. The van der Waals surface area contributed by atoms with E-state index in [1.54, 1.807) is 4.90 Å². The maximum Gasteiger partial charge on any atom is 0.310 e. The van der Waals surface area contributed by atoms with Gasteiger partial charge in [-0.25, -0.2) is 0 Å². The van der Waals surface area contributed by atoms with Crippen LogP contribution in [0, 0.1) is 5.92 Å². The van der Waals surface area contributed by atoms with E-state index in [4.69, 9.17) is 4.74 Å². The summed E-state index contributed by atoms with van der Waals surface area (Å²) < 4.78 is 5.71. The number of benzene rings is 1. The van der Waals surface area contributed by atoms with Crippen LogP contribution in [0.5, 0.6) is 0 Å². The van der Waals surface area contributed by atoms with Crippen LogP contribution in [0.4, 0.5) is 0 Å². The summed E-state index contributed by atoms with van der Waals surface area (Å²) in [5.41, 5.74) is 0.981. The number of esters is 1. The molecule has 1 aliphatic heterocycles. The van der Waals surface area contributed by atoms with E-state index in [9.17, 15) is 9.59 Å². The zero-order valence-corrected chi connectivity index (χ0v) is 12.4. The molecule has 0 saturated carbocycles. The summed E-state index contributed by atoms with van der Waals surface area (Å²) in [5.74, 6) is -0.327. The van der Waals surface area contributed by atoms with Gasteiger partial charge in [0.1, 0.15) is 0 Å². The van der Waals surface area contributed by atoms with Gasteiger partial charge in [0, 0.05) is 17.6 Å². The van der Waals surface area contributed by atoms with Crippen LogP contribution in [0.15, 0.2) is 28.7 Å². The maximum absolute atomic E-state index is 12.1. The van der Waals surface area contributed by atoms with Crippen LogP contribution in [0.3, 0.4) is 0 Å². The largest absolute Gasteiger partial charge is 0.469 e. The van der Waals surface area contributed by atoms with Crippen molar-refractivity contribution >= 4 is 27.8 Å². The average Bonchev–Trinajstić information content (AvgIpc) is 2.90. The van der Waals surface area contributed by atoms with Crippen molar-refractivity contribution in [3.63, 3.8) is 0 Å². The van der Waals surface area contributed by atoms with E-state index in [2.05, 4.69) is 15.9 Å². The Morgan fingerprint density at radius 1 is 1.37 bits per heavy atom. The predicted molar refractivity (Wildman–Crippen MR) is 74.5 cm³/mol. The second-order valence-electron chi connectivity index (χ2n) is 4.65. The Bertz CT molecular complexity index is 472. The molecule has 102 valence electrons. The Morgan fingerprint density at radius 2 is 2.05 bits per heavy atom. The van der Waals surface area contributed by atoms with Crippen molar-refractivity contribution in [2.24, 2.45) is 5.92 Å². The fourth-order valence-electron chi connectivity index (χ4n) is 2.23. The molecule has 1 aromatic rings. The summed E-state index contributed by atoms with van der Waals surface area (Å²) in [6, 6.07) is 7.69. The molecule has 19 heavy (non-hydrogen) atoms. The number of carbonyl (C=O) groups is 2. The highest BCUT2D eigenvalue weighted by molar-refractivity contribution is 9.10. The third-order valence-electron chi connectivity index (χ3n) is 3.34. The van der Waals surface area contributed by atoms with E-state index in [1.165, 1.54) is 7.11 Å². The zero-order valence-electron chi connectivity index (χ0n) is 10.8. The van der Waals surface area contributed by atoms with Gasteiger partial charge in [-0.3, -0.25) is 9.59 Å². The van der Waals surface area contributed by atoms with Gasteiger partial charge in [-0.15, -0.1) is 0 Å². The van der Waals surface area contributed by atoms with Crippen molar-refractivity contribution in [3.05, 3.63) is 34.3 Å². The second kappa shape index (κ2) is 6.19. The first kappa shape index (κ1) is 14.1. The molecule has 0 aromatic heterocycles. The molecule has 0 aliphatic carbocycles. The molecule has 1 unspecified atom stereocenters. The zero-order chi connectivity index (χ0) is 13.8. The monoisotopic (exact) mass is 325 g/mol. The molecule has 4 nitrogen and oxygen atoms in total. The number of methoxy groups -OCH3 is 1. The molecule has 0 N–H and O–H groups in total. The molecule has 1 amide bonds. The third kappa shape index (κ3) is 3.56. The highest BCUT2D eigenvalue weighted by atomic mass is 79.9. The van der Waals surface area contributed by atoms with Gasteiger partial charge in [0.15, 0.2) is 0 Å². The van der Waals surface area contributed by atoms with Crippen molar-refractivity contribution in [3.8, 4) is 0 Å². The SMILES string of the molecule is COC(=O)C1CCN(C(=O)Cc2ccc(Br)cc2)C1. The van der Waals surface area contributed by atoms with E-state index < -0.39 is 0 Å². The quantitative estimate of drug-likeness (QED) is 0.799. The molecular formula is C14H16BrNO3. The van der Waals surface area contributed by atoms with Gasteiger partial charge in [0.05, 0.1) is 19.4 Å². The van der Waals surface area contributed by atoms with Crippen LogP contribution in [0.1, 0.15) is 12.0 Å². The molecule has 2 rings (SSSR count). The van der Waals surface area contributed by atoms with E-state index in [0.717, 1.165) is 10.0 Å². The van der Waals surface area contributed by atoms with Gasteiger partial charge in [-0.2, -0.15) is 0 Å². The number of ether oxygens (including phenoxy) is 1. The summed E-state index contributed by atoms with van der Waals surface area (Å²) in [7, 11) is 1.38. The van der Waals surface area contributed by atoms with Gasteiger partial charge in [-0.05, 0) is 24.1 Å². The Labute approximate surface area is 120 Å². The minimum Gasteiger partial charge on any atom is -0.469 e. The first-order valence-corrected chi connectivity index (χ1v) is 6.99. The molecule has 0 radical (unpaired) electrons. The van der Waals surface area contributed by atoms with Gasteiger partial charge in [0.2, 0.25) is 5.91 Å². The molecule has 0 spiro atoms. The van der Waals surface area contributed by atoms with Gasteiger partial charge in [0.25, 0.3) is 0 Å². The fourth-order valence-corrected chi connectivity index (χ4v) is 2.50. The van der Waals surface area contributed by atoms with Crippen LogP contribution < -0.4 is 0 Å². The van der Waals surface area contributed by atoms with E-state index in [1.807, 2.05) is 24.3 Å². The Balaban J connectivity index is 1.91. The topological polar surface area (TPSA) is 46.6 Å². The lowest BCUT2D eigenvalue weighted by Gasteiger charge is -2.16. The second-order valence-corrected chi connectivity index (χ2v) is 5.57. The van der Waals surface area contributed by atoms with Gasteiger partial charge in [-0.1, -0.05) is 28.1 Å². The lowest BCUT2D eigenvalue weighted by atomic mass is 10.1. The fraction of sp³-hybridized carbons (Fsp3) is 0.429. The number of hydrogen-bond acceptors (Lipinski definition) is 3. The van der Waals surface area contributed by atoms with Crippen LogP contribution >= 0.6 is 15.9 Å². The first-order valence-electron chi connectivity index (χ1n) is 6.20. The highest BCUT2D eigenvalue weighted by Crippen LogP contribution is 2.19. The molecule has 5 heteroatoms. The minimum absolute atomic E-state index is 0.0636. The first-order chi connectivity index (χ1) is 9.10. The number of nitrogens with zero attached hydrogens (tertiary/aromatic N) is 1. The number of halogens is 1. The van der Waals surface area contributed by atoms with Crippen molar-refractivity contribution in [2.75, 3.05) is 20.2 Å². The minimum atomic E-state index is -0.223. The molecule has 1 heterocycles. The van der Waals surface area contributed by atoms with Crippen LogP contribution in [-0.2, 0) is 20.7 Å². The molecule has 1 saturated heterocycles. The summed E-state index contributed by atoms with van der Waals surface area (Å²) in [6.45, 7) is 1.11. The van der Waals surface area contributed by atoms with Crippen molar-refractivity contribution < 1.29 is 14.3 Å². The van der Waals surface area contributed by atoms with E-state index >= 15 is 0 Å². The Hall–Kier alpha value is -1.36. The van der Waals surface area contributed by atoms with Crippen molar-refractivity contribution in [1.29, 1.82) is 0 Å². The Kier molecular flexibility index (Phi) is 4.58. The highest BCUT2D eigenvalue weighted by Gasteiger charge is 2.31. The lowest BCUT2D eigenvalue weighted by Crippen LogP contribution is -2.31. The number of rotatable bonds is 3. The third-order valence-corrected chi connectivity index (χ3v) is 3.87. The summed E-state index contributed by atoms with van der Waals surface area (Å²) in [4.78, 5) is 25.3. The van der Waals surface area contributed by atoms with Crippen LogP contribution in [0.25, 0.3) is 0 Å². The van der Waals surface area contributed by atoms with Gasteiger partial charge < -0.3 is 9.64 Å². The molecule has 0 bridgehead atoms. The Morgan fingerprint density at radius 3 is 2.68 bits per heavy atom. The summed E-state index contributed by atoms with van der Waals surface area (Å²) in [6.07, 6.45) is 1.07. The number of carbonyl (C=O) groups excluding carboxylic acids is 2. The van der Waals surface area contributed by atoms with Crippen molar-refractivity contribution in [1.82, 2.24) is 4.90 Å². The number of likely N-dealkylation sites (tertiary alicyclic amines) is 1. The average molecular weight is 326 g/mol. The van der Waals surface area contributed by atoms with Crippen molar-refractivity contribution in [2.45, 2.75) is 12.8 Å². The predicted octanol–water partition coefficient (Wildman–Crippen LogP) is 2.01. The van der Waals surface area contributed by atoms with Crippen LogP contribution in [0.2, 0.25) is 0 Å². The smallest absolute Gasteiger partial charge is 0.310 e.